The van der Waals surface area contributed by atoms with Gasteiger partial charge in [-0.25, -0.2) is 0 Å². The van der Waals surface area contributed by atoms with Crippen LogP contribution >= 0.6 is 0 Å². The van der Waals surface area contributed by atoms with Crippen LogP contribution in [0.1, 0.15) is 20.3 Å². The highest BCUT2D eigenvalue weighted by atomic mass is 16.6. The summed E-state index contributed by atoms with van der Waals surface area (Å²) >= 11 is 0. The molecule has 0 saturated carbocycles. The Hall–Kier alpha value is -0.570. The molecule has 1 radical (unpaired) electrons. The first-order valence-electron chi connectivity index (χ1n) is 4.10. The van der Waals surface area contributed by atoms with E-state index in [1.165, 1.54) is 0 Å². The van der Waals surface area contributed by atoms with Crippen LogP contribution in [-0.4, -0.2) is 25.8 Å². The first-order chi connectivity index (χ1) is 5.61. The molecule has 0 spiro atoms. The van der Waals surface area contributed by atoms with Crippen molar-refractivity contribution in [2.24, 2.45) is 5.92 Å². The van der Waals surface area contributed by atoms with Gasteiger partial charge in [0.05, 0.1) is 12.0 Å². The normalized spacial score (nSPS) is 15.3. The number of ether oxygens (including phenoxy) is 2. The highest BCUT2D eigenvalue weighted by molar-refractivity contribution is 5.71. The molecule has 0 fully saturated rings. The minimum absolute atomic E-state index is 0.0361. The maximum atomic E-state index is 11.1. The molecule has 0 amide bonds. The average molecular weight is 173 g/mol. The lowest BCUT2D eigenvalue weighted by Crippen LogP contribution is -2.21. The molecule has 2 unspecified atom stereocenters. The van der Waals surface area contributed by atoms with E-state index in [-0.39, 0.29) is 18.0 Å². The van der Waals surface area contributed by atoms with E-state index in [2.05, 4.69) is 6.92 Å². The molecule has 3 heteroatoms. The average Bonchev–Trinajstić information content (AvgIpc) is 2.11. The number of carbonyl (C=O) groups excluding carboxylic acids is 1. The van der Waals surface area contributed by atoms with Gasteiger partial charge in [-0.15, -0.1) is 0 Å². The van der Waals surface area contributed by atoms with Crippen molar-refractivity contribution in [2.75, 3.05) is 13.7 Å². The van der Waals surface area contributed by atoms with E-state index in [9.17, 15) is 4.79 Å². The molecule has 0 aromatic heterocycles. The number of carbonyl (C=O) groups is 1. The van der Waals surface area contributed by atoms with Crippen LogP contribution in [0.5, 0.6) is 0 Å². The Kier molecular flexibility index (Phi) is 5.72. The van der Waals surface area contributed by atoms with Gasteiger partial charge in [-0.1, -0.05) is 13.8 Å². The van der Waals surface area contributed by atoms with Gasteiger partial charge in [0.1, 0.15) is 6.61 Å². The van der Waals surface area contributed by atoms with Crippen LogP contribution in [0, 0.1) is 12.8 Å². The molecular formula is C9H17O3. The van der Waals surface area contributed by atoms with Crippen LogP contribution < -0.4 is 0 Å². The van der Waals surface area contributed by atoms with E-state index in [1.54, 1.807) is 14.0 Å². The molecule has 71 valence electrons. The maximum absolute atomic E-state index is 11.1. The summed E-state index contributed by atoms with van der Waals surface area (Å²) in [6.45, 7) is 7.59. The van der Waals surface area contributed by atoms with Gasteiger partial charge in [0.2, 0.25) is 0 Å². The monoisotopic (exact) mass is 173 g/mol. The molecule has 0 bridgehead atoms. The molecule has 0 aromatic rings. The number of rotatable bonds is 5. The summed E-state index contributed by atoms with van der Waals surface area (Å²) in [6.07, 6.45) is 0.533. The van der Waals surface area contributed by atoms with Crippen molar-refractivity contribution in [3.05, 3.63) is 6.92 Å². The summed E-state index contributed by atoms with van der Waals surface area (Å²) < 4.78 is 9.86. The third-order valence-corrected chi connectivity index (χ3v) is 1.70. The largest absolute Gasteiger partial charge is 0.463 e. The Labute approximate surface area is 74.0 Å². The van der Waals surface area contributed by atoms with E-state index in [0.29, 0.717) is 13.0 Å². The van der Waals surface area contributed by atoms with Gasteiger partial charge >= 0.3 is 5.97 Å². The van der Waals surface area contributed by atoms with E-state index in [1.807, 2.05) is 6.92 Å². The van der Waals surface area contributed by atoms with E-state index in [0.717, 1.165) is 0 Å². The van der Waals surface area contributed by atoms with Crippen molar-refractivity contribution < 1.29 is 14.3 Å². The van der Waals surface area contributed by atoms with Gasteiger partial charge in [-0.05, 0) is 13.3 Å². The molecule has 0 N–H and O–H groups in total. The molecule has 0 aromatic carbocycles. The molecule has 2 atom stereocenters. The Balaban J connectivity index is 3.56. The fourth-order valence-electron chi connectivity index (χ4n) is 0.528. The number of hydrogen-bond acceptors (Lipinski definition) is 3. The highest BCUT2D eigenvalue weighted by Crippen LogP contribution is 2.03. The number of methoxy groups -OCH3 is 1. The lowest BCUT2D eigenvalue weighted by molar-refractivity contribution is -0.151. The summed E-state index contributed by atoms with van der Waals surface area (Å²) in [5, 5.41) is 0. The van der Waals surface area contributed by atoms with Crippen molar-refractivity contribution in [1.82, 2.24) is 0 Å². The molecule has 3 nitrogen and oxygen atoms in total. The van der Waals surface area contributed by atoms with Crippen LogP contribution in [0.25, 0.3) is 0 Å². The second-order valence-electron chi connectivity index (χ2n) is 2.87. The third-order valence-electron chi connectivity index (χ3n) is 1.70. The van der Waals surface area contributed by atoms with Gasteiger partial charge in [0.15, 0.2) is 0 Å². The fraction of sp³-hybridized carbons (Fsp3) is 0.778. The predicted octanol–water partition coefficient (Wildman–Crippen LogP) is 1.42. The van der Waals surface area contributed by atoms with Gasteiger partial charge in [-0.2, -0.15) is 0 Å². The lowest BCUT2D eigenvalue weighted by atomic mass is 10.1. The third kappa shape index (κ3) is 4.34. The lowest BCUT2D eigenvalue weighted by Gasteiger charge is -2.12. The second-order valence-corrected chi connectivity index (χ2v) is 2.87. The molecule has 0 heterocycles. The number of hydrogen-bond donors (Lipinski definition) is 0. The van der Waals surface area contributed by atoms with Crippen molar-refractivity contribution in [3.8, 4) is 0 Å². The predicted molar refractivity (Wildman–Crippen MR) is 46.6 cm³/mol. The van der Waals surface area contributed by atoms with Crippen LogP contribution in [0.15, 0.2) is 0 Å². The molecule has 0 aliphatic rings. The highest BCUT2D eigenvalue weighted by Gasteiger charge is 2.12. The molecular weight excluding hydrogens is 156 g/mol. The van der Waals surface area contributed by atoms with Crippen LogP contribution in [0.2, 0.25) is 0 Å². The van der Waals surface area contributed by atoms with Crippen molar-refractivity contribution in [2.45, 2.75) is 26.4 Å². The summed E-state index contributed by atoms with van der Waals surface area (Å²) in [5.41, 5.74) is 0. The zero-order valence-corrected chi connectivity index (χ0v) is 8.00. The topological polar surface area (TPSA) is 35.5 Å². The SMILES string of the molecule is [CH2]CC(C)C(=O)OCC(C)OC. The van der Waals surface area contributed by atoms with E-state index < -0.39 is 0 Å². The Morgan fingerprint density at radius 2 is 2.08 bits per heavy atom. The minimum Gasteiger partial charge on any atom is -0.463 e. The van der Waals surface area contributed by atoms with Gasteiger partial charge in [0, 0.05) is 7.11 Å². The quantitative estimate of drug-likeness (QED) is 0.590. The van der Waals surface area contributed by atoms with Crippen LogP contribution in [0.4, 0.5) is 0 Å². The first kappa shape index (κ1) is 11.4. The summed E-state index contributed by atoms with van der Waals surface area (Å²) in [4.78, 5) is 11.1. The van der Waals surface area contributed by atoms with Gasteiger partial charge < -0.3 is 9.47 Å². The molecule has 0 aliphatic heterocycles. The standard InChI is InChI=1S/C9H17O3/c1-5-7(2)9(10)12-6-8(3)11-4/h7-8H,1,5-6H2,2-4H3. The smallest absolute Gasteiger partial charge is 0.308 e. The molecule has 0 saturated heterocycles. The summed E-state index contributed by atoms with van der Waals surface area (Å²) in [7, 11) is 1.59. The van der Waals surface area contributed by atoms with E-state index >= 15 is 0 Å². The zero-order chi connectivity index (χ0) is 9.56. The maximum Gasteiger partial charge on any atom is 0.308 e. The van der Waals surface area contributed by atoms with E-state index in [4.69, 9.17) is 9.47 Å². The Morgan fingerprint density at radius 1 is 1.50 bits per heavy atom. The van der Waals surface area contributed by atoms with Gasteiger partial charge in [0.25, 0.3) is 0 Å². The van der Waals surface area contributed by atoms with Crippen LogP contribution in [0.3, 0.4) is 0 Å². The Morgan fingerprint density at radius 3 is 2.50 bits per heavy atom. The number of esters is 1. The summed E-state index contributed by atoms with van der Waals surface area (Å²) in [5.74, 6) is -0.317. The van der Waals surface area contributed by atoms with Crippen molar-refractivity contribution in [3.63, 3.8) is 0 Å². The molecule has 0 rings (SSSR count). The minimum atomic E-state index is -0.200. The van der Waals surface area contributed by atoms with Crippen molar-refractivity contribution >= 4 is 5.97 Å². The summed E-state index contributed by atoms with van der Waals surface area (Å²) in [6, 6.07) is 0. The van der Waals surface area contributed by atoms with Crippen molar-refractivity contribution in [1.29, 1.82) is 0 Å². The fourth-order valence-corrected chi connectivity index (χ4v) is 0.528. The van der Waals surface area contributed by atoms with Gasteiger partial charge in [-0.3, -0.25) is 4.79 Å². The second kappa shape index (κ2) is 6.00. The van der Waals surface area contributed by atoms with Crippen LogP contribution in [-0.2, 0) is 14.3 Å². The first-order valence-corrected chi connectivity index (χ1v) is 4.10. The zero-order valence-electron chi connectivity index (χ0n) is 8.00. The Bertz CT molecular complexity index is 134. The molecule has 12 heavy (non-hydrogen) atoms. The molecule has 0 aliphatic carbocycles.